The topological polar surface area (TPSA) is 84.4 Å². The standard InChI is InChI=1S/C19H17ClN2O4/c1-25-9-26-11-4-12(19(10-2-3-10)14(20)5-11)15-6-16-13(8-21-15)17(23)7-18(24)22-16/h4-8,10H,2-3,9H2,1H3,(H2,22,23,24). The van der Waals surface area contributed by atoms with E-state index in [2.05, 4.69) is 9.97 Å². The summed E-state index contributed by atoms with van der Waals surface area (Å²) in [6.45, 7) is 0.116. The molecule has 0 aliphatic heterocycles. The molecule has 134 valence electrons. The van der Waals surface area contributed by atoms with Crippen LogP contribution in [0.15, 0.2) is 35.3 Å². The van der Waals surface area contributed by atoms with Gasteiger partial charge in [-0.15, -0.1) is 0 Å². The molecule has 0 spiro atoms. The summed E-state index contributed by atoms with van der Waals surface area (Å²) < 4.78 is 10.5. The lowest BCUT2D eigenvalue weighted by Gasteiger charge is -2.14. The van der Waals surface area contributed by atoms with Gasteiger partial charge in [-0.1, -0.05) is 11.6 Å². The first-order valence-corrected chi connectivity index (χ1v) is 8.62. The number of H-pyrrole nitrogens is 1. The van der Waals surface area contributed by atoms with Crippen molar-refractivity contribution in [3.05, 3.63) is 51.4 Å². The van der Waals surface area contributed by atoms with Crippen molar-refractivity contribution in [2.75, 3.05) is 13.9 Å². The molecule has 1 aliphatic carbocycles. The third-order valence-corrected chi connectivity index (χ3v) is 4.73. The molecular formula is C19H17ClN2O4. The Morgan fingerprint density at radius 1 is 1.31 bits per heavy atom. The first-order chi connectivity index (χ1) is 12.6. The van der Waals surface area contributed by atoms with E-state index in [4.69, 9.17) is 21.1 Å². The van der Waals surface area contributed by atoms with Crippen molar-refractivity contribution in [3.8, 4) is 22.8 Å². The van der Waals surface area contributed by atoms with E-state index in [1.54, 1.807) is 25.4 Å². The van der Waals surface area contributed by atoms with Gasteiger partial charge in [-0.05, 0) is 42.5 Å². The summed E-state index contributed by atoms with van der Waals surface area (Å²) >= 11 is 6.52. The SMILES string of the molecule is COCOc1cc(Cl)c(C2CC2)c(-c2cc3[nH]c(=O)cc(O)c3cn2)c1. The molecular weight excluding hydrogens is 356 g/mol. The monoisotopic (exact) mass is 372 g/mol. The van der Waals surface area contributed by atoms with Crippen LogP contribution in [0.3, 0.4) is 0 Å². The summed E-state index contributed by atoms with van der Waals surface area (Å²) in [5.74, 6) is 0.887. The minimum Gasteiger partial charge on any atom is -0.507 e. The van der Waals surface area contributed by atoms with Crippen molar-refractivity contribution in [1.82, 2.24) is 9.97 Å². The molecule has 0 amide bonds. The lowest BCUT2D eigenvalue weighted by Crippen LogP contribution is -2.04. The first kappa shape index (κ1) is 16.9. The number of pyridine rings is 2. The Balaban J connectivity index is 1.89. The number of nitrogens with zero attached hydrogens (tertiary/aromatic N) is 1. The molecule has 4 rings (SSSR count). The molecule has 26 heavy (non-hydrogen) atoms. The first-order valence-electron chi connectivity index (χ1n) is 8.24. The van der Waals surface area contributed by atoms with Crippen molar-refractivity contribution < 1.29 is 14.6 Å². The van der Waals surface area contributed by atoms with E-state index in [0.717, 1.165) is 30.0 Å². The normalized spacial score (nSPS) is 13.9. The molecule has 2 heterocycles. The molecule has 1 saturated carbocycles. The second-order valence-electron chi connectivity index (χ2n) is 6.33. The van der Waals surface area contributed by atoms with E-state index < -0.39 is 0 Å². The van der Waals surface area contributed by atoms with E-state index in [9.17, 15) is 9.90 Å². The van der Waals surface area contributed by atoms with Gasteiger partial charge in [-0.3, -0.25) is 9.78 Å². The zero-order valence-electron chi connectivity index (χ0n) is 14.1. The number of rotatable bonds is 5. The van der Waals surface area contributed by atoms with Crippen molar-refractivity contribution in [2.45, 2.75) is 18.8 Å². The van der Waals surface area contributed by atoms with Gasteiger partial charge < -0.3 is 19.6 Å². The number of ether oxygens (including phenoxy) is 2. The molecule has 2 N–H and O–H groups in total. The number of halogens is 1. The van der Waals surface area contributed by atoms with Crippen LogP contribution in [-0.4, -0.2) is 29.0 Å². The zero-order valence-corrected chi connectivity index (χ0v) is 14.8. The quantitative estimate of drug-likeness (QED) is 0.665. The highest BCUT2D eigenvalue weighted by atomic mass is 35.5. The van der Waals surface area contributed by atoms with Crippen molar-refractivity contribution in [3.63, 3.8) is 0 Å². The molecule has 0 saturated heterocycles. The molecule has 3 aromatic rings. The minimum atomic E-state index is -0.371. The minimum absolute atomic E-state index is 0.0968. The fourth-order valence-electron chi connectivity index (χ4n) is 3.08. The Bertz CT molecular complexity index is 1040. The third kappa shape index (κ3) is 3.13. The van der Waals surface area contributed by atoms with Gasteiger partial charge in [-0.25, -0.2) is 0 Å². The van der Waals surface area contributed by atoms with Crippen molar-refractivity contribution in [2.24, 2.45) is 0 Å². The molecule has 1 fully saturated rings. The molecule has 0 unspecified atom stereocenters. The van der Waals surface area contributed by atoms with Crippen molar-refractivity contribution >= 4 is 22.5 Å². The maximum Gasteiger partial charge on any atom is 0.252 e. The number of fused-ring (bicyclic) bond motifs is 1. The van der Waals surface area contributed by atoms with Crippen LogP contribution in [0, 0.1) is 0 Å². The van der Waals surface area contributed by atoms with Gasteiger partial charge in [0.1, 0.15) is 11.5 Å². The Morgan fingerprint density at radius 2 is 2.12 bits per heavy atom. The number of methoxy groups -OCH3 is 1. The summed E-state index contributed by atoms with van der Waals surface area (Å²) in [5.41, 5.74) is 2.69. The number of hydrogen-bond donors (Lipinski definition) is 2. The summed E-state index contributed by atoms with van der Waals surface area (Å²) in [5, 5.41) is 11.0. The average molecular weight is 373 g/mol. The predicted octanol–water partition coefficient (Wildman–Crippen LogP) is 3.81. The van der Waals surface area contributed by atoms with Crippen LogP contribution < -0.4 is 10.3 Å². The van der Waals surface area contributed by atoms with Crippen LogP contribution >= 0.6 is 11.6 Å². The van der Waals surface area contributed by atoms with Gasteiger partial charge in [0, 0.05) is 30.0 Å². The molecule has 0 bridgehead atoms. The molecule has 6 nitrogen and oxygen atoms in total. The third-order valence-electron chi connectivity index (χ3n) is 4.41. The second-order valence-corrected chi connectivity index (χ2v) is 6.73. The van der Waals surface area contributed by atoms with Gasteiger partial charge in [-0.2, -0.15) is 0 Å². The lowest BCUT2D eigenvalue weighted by atomic mass is 9.99. The van der Waals surface area contributed by atoms with E-state index >= 15 is 0 Å². The number of aromatic amines is 1. The lowest BCUT2D eigenvalue weighted by molar-refractivity contribution is 0.0511. The molecule has 1 aliphatic rings. The predicted molar refractivity (Wildman–Crippen MR) is 99.0 cm³/mol. The number of hydrogen-bond acceptors (Lipinski definition) is 5. The Kier molecular flexibility index (Phi) is 4.30. The van der Waals surface area contributed by atoms with E-state index in [-0.39, 0.29) is 18.1 Å². The smallest absolute Gasteiger partial charge is 0.252 e. The fraction of sp³-hybridized carbons (Fsp3) is 0.263. The second kappa shape index (κ2) is 6.63. The summed E-state index contributed by atoms with van der Waals surface area (Å²) in [7, 11) is 1.55. The summed E-state index contributed by atoms with van der Waals surface area (Å²) in [6, 6.07) is 6.55. The van der Waals surface area contributed by atoms with Gasteiger partial charge in [0.05, 0.1) is 16.6 Å². The molecule has 1 aromatic carbocycles. The molecule has 0 atom stereocenters. The zero-order chi connectivity index (χ0) is 18.3. The Hall–Kier alpha value is -2.57. The van der Waals surface area contributed by atoms with E-state index in [1.807, 2.05) is 6.07 Å². The van der Waals surface area contributed by atoms with Gasteiger partial charge in [0.15, 0.2) is 6.79 Å². The van der Waals surface area contributed by atoms with Crippen molar-refractivity contribution in [1.29, 1.82) is 0 Å². The van der Waals surface area contributed by atoms with Crippen LogP contribution in [0.25, 0.3) is 22.2 Å². The fourth-order valence-corrected chi connectivity index (χ4v) is 3.45. The summed E-state index contributed by atoms with van der Waals surface area (Å²) in [6.07, 6.45) is 3.70. The van der Waals surface area contributed by atoms with Crippen LogP contribution in [-0.2, 0) is 4.74 Å². The van der Waals surface area contributed by atoms with Crippen LogP contribution in [0.2, 0.25) is 5.02 Å². The number of aromatic hydroxyl groups is 1. The van der Waals surface area contributed by atoms with E-state index in [1.165, 1.54) is 0 Å². The number of benzene rings is 1. The number of nitrogens with one attached hydrogen (secondary N) is 1. The molecule has 7 heteroatoms. The Morgan fingerprint density at radius 3 is 2.85 bits per heavy atom. The average Bonchev–Trinajstić information content (AvgIpc) is 3.43. The van der Waals surface area contributed by atoms with Crippen LogP contribution in [0.5, 0.6) is 11.5 Å². The number of aromatic nitrogens is 2. The largest absolute Gasteiger partial charge is 0.507 e. The van der Waals surface area contributed by atoms with Crippen LogP contribution in [0.1, 0.15) is 24.3 Å². The van der Waals surface area contributed by atoms with Gasteiger partial charge in [0.25, 0.3) is 5.56 Å². The van der Waals surface area contributed by atoms with E-state index in [0.29, 0.717) is 33.3 Å². The highest BCUT2D eigenvalue weighted by Gasteiger charge is 2.30. The highest BCUT2D eigenvalue weighted by Crippen LogP contribution is 2.48. The van der Waals surface area contributed by atoms with Gasteiger partial charge >= 0.3 is 0 Å². The molecule has 2 aromatic heterocycles. The summed E-state index contributed by atoms with van der Waals surface area (Å²) in [4.78, 5) is 18.9. The maximum atomic E-state index is 11.7. The Labute approximate surface area is 154 Å². The van der Waals surface area contributed by atoms with Gasteiger partial charge in [0.2, 0.25) is 0 Å². The van der Waals surface area contributed by atoms with Crippen LogP contribution in [0.4, 0.5) is 0 Å². The molecule has 0 radical (unpaired) electrons. The maximum absolute atomic E-state index is 11.7. The highest BCUT2D eigenvalue weighted by molar-refractivity contribution is 6.32.